The van der Waals surface area contributed by atoms with Gasteiger partial charge in [0.2, 0.25) is 0 Å². The van der Waals surface area contributed by atoms with Gasteiger partial charge in [-0.2, -0.15) is 26.3 Å². The first-order valence-electron chi connectivity index (χ1n) is 6.04. The van der Waals surface area contributed by atoms with Crippen molar-refractivity contribution in [3.63, 3.8) is 0 Å². The van der Waals surface area contributed by atoms with E-state index < -0.39 is 46.9 Å². The summed E-state index contributed by atoms with van der Waals surface area (Å²) >= 11 is 0. The fourth-order valence-electron chi connectivity index (χ4n) is 6.30. The fraction of sp³-hybridized carbons (Fsp3) is 0.833. The molecular weight excluding hydrogens is 258 g/mol. The molecule has 6 aliphatic carbocycles. The fourth-order valence-corrected chi connectivity index (χ4v) is 6.30. The van der Waals surface area contributed by atoms with Gasteiger partial charge in [-0.3, -0.25) is 0 Å². The molecule has 6 heteroatoms. The summed E-state index contributed by atoms with van der Waals surface area (Å²) in [5.41, 5.74) is -4.83. The molecule has 98 valence electrons. The van der Waals surface area contributed by atoms with Crippen molar-refractivity contribution < 1.29 is 26.3 Å². The van der Waals surface area contributed by atoms with Gasteiger partial charge in [0.25, 0.3) is 0 Å². The van der Waals surface area contributed by atoms with Crippen molar-refractivity contribution in [3.05, 3.63) is 12.2 Å². The first-order chi connectivity index (χ1) is 8.22. The number of allylic oxidation sites excluding steroid dienone is 2. The Hall–Kier alpha value is -0.680. The average molecular weight is 266 g/mol. The highest BCUT2D eigenvalue weighted by molar-refractivity contribution is 5.54. The van der Waals surface area contributed by atoms with Crippen LogP contribution in [0, 0.1) is 46.3 Å². The van der Waals surface area contributed by atoms with E-state index in [0.717, 1.165) is 0 Å². The summed E-state index contributed by atoms with van der Waals surface area (Å²) in [4.78, 5) is 0. The Labute approximate surface area is 98.0 Å². The van der Waals surface area contributed by atoms with Crippen LogP contribution in [0.5, 0.6) is 0 Å². The molecule has 5 fully saturated rings. The predicted molar refractivity (Wildman–Crippen MR) is 47.1 cm³/mol. The smallest absolute Gasteiger partial charge is 0.170 e. The molecule has 5 saturated carbocycles. The molecule has 0 aromatic heterocycles. The zero-order chi connectivity index (χ0) is 12.9. The molecule has 8 atom stereocenters. The van der Waals surface area contributed by atoms with Gasteiger partial charge in [-0.25, -0.2) is 0 Å². The lowest BCUT2D eigenvalue weighted by molar-refractivity contribution is -0.317. The lowest BCUT2D eigenvalue weighted by Gasteiger charge is -2.44. The van der Waals surface area contributed by atoms with E-state index in [1.54, 1.807) is 12.2 Å². The third kappa shape index (κ3) is 0.554. The standard InChI is InChI=1S/C12H8F6/c13-11(14,15)9-5-3-1-2-4(3)6-8(7(5)9)10(6,9)12(16,17)18/h1-8H. The van der Waals surface area contributed by atoms with Crippen LogP contribution in [-0.2, 0) is 0 Å². The summed E-state index contributed by atoms with van der Waals surface area (Å²) in [6.45, 7) is 0. The molecule has 18 heavy (non-hydrogen) atoms. The topological polar surface area (TPSA) is 0 Å². The van der Waals surface area contributed by atoms with Crippen molar-refractivity contribution in [2.75, 3.05) is 0 Å². The van der Waals surface area contributed by atoms with Crippen LogP contribution < -0.4 is 0 Å². The number of hydrogen-bond acceptors (Lipinski definition) is 0. The minimum atomic E-state index is -4.71. The highest BCUT2D eigenvalue weighted by Gasteiger charge is 3.14. The van der Waals surface area contributed by atoms with Crippen LogP contribution in [0.15, 0.2) is 12.2 Å². The Kier molecular flexibility index (Phi) is 1.15. The first kappa shape index (κ1) is 10.1. The van der Waals surface area contributed by atoms with Crippen molar-refractivity contribution >= 4 is 0 Å². The van der Waals surface area contributed by atoms with Gasteiger partial charge in [-0.1, -0.05) is 12.2 Å². The lowest BCUT2D eigenvalue weighted by Crippen LogP contribution is -2.54. The Morgan fingerprint density at radius 1 is 0.611 bits per heavy atom. The maximum absolute atomic E-state index is 13.2. The maximum Gasteiger partial charge on any atom is 0.395 e. The lowest BCUT2D eigenvalue weighted by atomic mass is 9.62. The summed E-state index contributed by atoms with van der Waals surface area (Å²) in [6.07, 6.45) is -6.05. The quantitative estimate of drug-likeness (QED) is 0.465. The molecule has 8 unspecified atom stereocenters. The summed E-state index contributed by atoms with van der Waals surface area (Å²) in [5.74, 6) is -3.54. The van der Waals surface area contributed by atoms with Gasteiger partial charge < -0.3 is 0 Å². The zero-order valence-corrected chi connectivity index (χ0v) is 8.89. The summed E-state index contributed by atoms with van der Waals surface area (Å²) in [7, 11) is 0. The van der Waals surface area contributed by atoms with Crippen molar-refractivity contribution in [1.29, 1.82) is 0 Å². The minimum Gasteiger partial charge on any atom is -0.170 e. The van der Waals surface area contributed by atoms with Crippen molar-refractivity contribution in [1.82, 2.24) is 0 Å². The largest absolute Gasteiger partial charge is 0.395 e. The van der Waals surface area contributed by atoms with E-state index in [9.17, 15) is 26.3 Å². The molecule has 0 aromatic rings. The Morgan fingerprint density at radius 3 is 1.17 bits per heavy atom. The molecular formula is C12H8F6. The van der Waals surface area contributed by atoms with Crippen LogP contribution in [-0.4, -0.2) is 12.4 Å². The van der Waals surface area contributed by atoms with Crippen LogP contribution in [0.2, 0.25) is 0 Å². The second kappa shape index (κ2) is 2.04. The molecule has 0 nitrogen and oxygen atoms in total. The molecule has 0 amide bonds. The molecule has 2 bridgehead atoms. The summed E-state index contributed by atoms with van der Waals surface area (Å²) in [5, 5.41) is 0. The van der Waals surface area contributed by atoms with Gasteiger partial charge in [0, 0.05) is 0 Å². The van der Waals surface area contributed by atoms with Crippen LogP contribution in [0.1, 0.15) is 0 Å². The molecule has 0 aliphatic heterocycles. The van der Waals surface area contributed by atoms with Crippen molar-refractivity contribution in [2.24, 2.45) is 46.3 Å². The first-order valence-corrected chi connectivity index (χ1v) is 6.04. The van der Waals surface area contributed by atoms with E-state index in [-0.39, 0.29) is 11.8 Å². The molecule has 0 N–H and O–H groups in total. The highest BCUT2D eigenvalue weighted by Crippen LogP contribution is 3.08. The van der Waals surface area contributed by atoms with E-state index >= 15 is 0 Å². The van der Waals surface area contributed by atoms with Gasteiger partial charge in [0.05, 0.1) is 10.8 Å². The SMILES string of the molecule is FC(F)(F)C12C3C4C=CC4C4C(C31)C42C(F)(F)F. The van der Waals surface area contributed by atoms with Gasteiger partial charge in [-0.05, 0) is 35.5 Å². The molecule has 0 aromatic carbocycles. The van der Waals surface area contributed by atoms with Crippen LogP contribution in [0.3, 0.4) is 0 Å². The third-order valence-corrected chi connectivity index (χ3v) is 6.50. The van der Waals surface area contributed by atoms with E-state index in [1.165, 1.54) is 0 Å². The van der Waals surface area contributed by atoms with Gasteiger partial charge in [-0.15, -0.1) is 0 Å². The average Bonchev–Trinajstić information content (AvgIpc) is 2.79. The number of hydrogen-bond donors (Lipinski definition) is 0. The van der Waals surface area contributed by atoms with E-state index in [2.05, 4.69) is 0 Å². The van der Waals surface area contributed by atoms with E-state index in [1.807, 2.05) is 0 Å². The normalized spacial score (nSPS) is 65.4. The minimum absolute atomic E-state index is 0.240. The van der Waals surface area contributed by atoms with Gasteiger partial charge in [0.1, 0.15) is 0 Å². The van der Waals surface area contributed by atoms with Crippen molar-refractivity contribution in [3.8, 4) is 0 Å². The number of alkyl halides is 6. The highest BCUT2D eigenvalue weighted by atomic mass is 19.4. The molecule has 6 aliphatic rings. The predicted octanol–water partition coefficient (Wildman–Crippen LogP) is 3.41. The third-order valence-electron chi connectivity index (χ3n) is 6.50. The molecule has 0 saturated heterocycles. The Bertz CT molecular complexity index is 470. The molecule has 0 radical (unpaired) electrons. The van der Waals surface area contributed by atoms with E-state index in [0.29, 0.717) is 0 Å². The summed E-state index contributed by atoms with van der Waals surface area (Å²) < 4.78 is 79.4. The van der Waals surface area contributed by atoms with Gasteiger partial charge in [0.15, 0.2) is 0 Å². The number of rotatable bonds is 0. The molecule has 6 rings (SSSR count). The molecule has 0 spiro atoms. The van der Waals surface area contributed by atoms with Gasteiger partial charge >= 0.3 is 12.4 Å². The molecule has 0 heterocycles. The Balaban J connectivity index is 1.73. The van der Waals surface area contributed by atoms with Crippen LogP contribution in [0.25, 0.3) is 0 Å². The van der Waals surface area contributed by atoms with Crippen LogP contribution in [0.4, 0.5) is 26.3 Å². The summed E-state index contributed by atoms with van der Waals surface area (Å²) in [6, 6.07) is 0. The monoisotopic (exact) mass is 266 g/mol. The van der Waals surface area contributed by atoms with Crippen molar-refractivity contribution in [2.45, 2.75) is 12.4 Å². The number of halogens is 6. The van der Waals surface area contributed by atoms with Crippen LogP contribution >= 0.6 is 0 Å². The Morgan fingerprint density at radius 2 is 0.944 bits per heavy atom. The maximum atomic E-state index is 13.2. The second-order valence-electron chi connectivity index (χ2n) is 6.38. The van der Waals surface area contributed by atoms with E-state index in [4.69, 9.17) is 0 Å². The zero-order valence-electron chi connectivity index (χ0n) is 8.89. The second-order valence-corrected chi connectivity index (χ2v) is 6.38.